The van der Waals surface area contributed by atoms with E-state index >= 15 is 0 Å². The summed E-state index contributed by atoms with van der Waals surface area (Å²) >= 11 is 0. The van der Waals surface area contributed by atoms with Crippen molar-refractivity contribution >= 4 is 28.3 Å². The lowest BCUT2D eigenvalue weighted by Crippen LogP contribution is -2.52. The molecule has 58 heavy (non-hydrogen) atoms. The Hall–Kier alpha value is -5.05. The minimum Gasteiger partial charge on any atom is -0.497 e. The molecule has 6 rings (SSSR count). The first-order chi connectivity index (χ1) is 27.7. The molecule has 1 aromatic heterocycles. The molecule has 15 heteroatoms. The molecule has 5 aromatic rings. The van der Waals surface area contributed by atoms with Crippen molar-refractivity contribution in [2.24, 2.45) is 0 Å². The molecule has 0 spiro atoms. The van der Waals surface area contributed by atoms with Crippen molar-refractivity contribution in [1.29, 1.82) is 0 Å². The quantitative estimate of drug-likeness (QED) is 0.0602. The van der Waals surface area contributed by atoms with Gasteiger partial charge >= 0.3 is 13.9 Å². The highest BCUT2D eigenvalue weighted by Gasteiger charge is 2.56. The minimum atomic E-state index is -3.04. The normalized spacial score (nSPS) is 18.7. The number of hydrogen-bond acceptors (Lipinski definition) is 10. The predicted molar refractivity (Wildman–Crippen MR) is 222 cm³/mol. The highest BCUT2D eigenvalue weighted by molar-refractivity contribution is 7.32. The topological polar surface area (TPSA) is 157 Å². The van der Waals surface area contributed by atoms with Gasteiger partial charge < -0.3 is 28.7 Å². The van der Waals surface area contributed by atoms with Crippen LogP contribution >= 0.6 is 8.25 Å². The van der Waals surface area contributed by atoms with E-state index in [1.165, 1.54) is 16.8 Å². The van der Waals surface area contributed by atoms with Crippen LogP contribution in [-0.4, -0.2) is 67.8 Å². The number of amides is 1. The lowest BCUT2D eigenvalue weighted by atomic mass is 9.79. The van der Waals surface area contributed by atoms with Crippen LogP contribution in [0.1, 0.15) is 54.0 Å². The van der Waals surface area contributed by atoms with E-state index in [0.717, 1.165) is 16.7 Å². The van der Waals surface area contributed by atoms with Crippen molar-refractivity contribution in [1.82, 2.24) is 9.55 Å². The number of nitrogens with one attached hydrogen (secondary N) is 1. The molecule has 304 valence electrons. The number of carbonyl (C=O) groups is 1. The fraction of sp³-hybridized carbons (Fsp3) is 0.326. The fourth-order valence-corrected chi connectivity index (χ4v) is 8.23. The summed E-state index contributed by atoms with van der Waals surface area (Å²) in [7, 11) is -2.58. The highest BCUT2D eigenvalue weighted by atomic mass is 31.1. The van der Waals surface area contributed by atoms with Crippen molar-refractivity contribution in [2.45, 2.75) is 69.0 Å². The number of rotatable bonds is 15. The van der Waals surface area contributed by atoms with Gasteiger partial charge in [0.2, 0.25) is 0 Å². The molecule has 0 aliphatic carbocycles. The molecule has 5 atom stereocenters. The summed E-state index contributed by atoms with van der Waals surface area (Å²) in [6.07, 6.45) is -2.75. The second kappa shape index (κ2) is 17.8. The Kier molecular flexibility index (Phi) is 13.1. The van der Waals surface area contributed by atoms with E-state index in [1.54, 1.807) is 44.6 Å². The molecule has 1 aliphatic heterocycles. The van der Waals surface area contributed by atoms with Gasteiger partial charge in [-0.25, -0.2) is 4.79 Å². The first kappa shape index (κ1) is 42.5. The van der Waals surface area contributed by atoms with Gasteiger partial charge in [-0.3, -0.25) is 9.36 Å². The Labute approximate surface area is 340 Å². The Balaban J connectivity index is 1.53. The van der Waals surface area contributed by atoms with Gasteiger partial charge in [0.1, 0.15) is 47.8 Å². The van der Waals surface area contributed by atoms with Crippen LogP contribution in [0.15, 0.2) is 126 Å². The molecule has 1 aliphatic rings. The summed E-state index contributed by atoms with van der Waals surface area (Å²) < 4.78 is 51.3. The summed E-state index contributed by atoms with van der Waals surface area (Å²) in [6, 6.07) is 34.8. The Bertz CT molecular complexity index is 2190. The summed E-state index contributed by atoms with van der Waals surface area (Å²) in [5.74, 6) is 0.885. The number of ether oxygens (including phenoxy) is 4. The summed E-state index contributed by atoms with van der Waals surface area (Å²) in [6.45, 7) is 10.1. The Morgan fingerprint density at radius 3 is 1.86 bits per heavy atom. The van der Waals surface area contributed by atoms with Crippen LogP contribution in [0.25, 0.3) is 0 Å². The maximum absolute atomic E-state index is 14.0. The Morgan fingerprint density at radius 1 is 0.828 bits per heavy atom. The van der Waals surface area contributed by atoms with Crippen LogP contribution in [0.4, 0.5) is 5.82 Å². The zero-order valence-corrected chi connectivity index (χ0v) is 35.4. The van der Waals surface area contributed by atoms with Gasteiger partial charge in [-0.2, -0.15) is 4.98 Å². The van der Waals surface area contributed by atoms with Crippen LogP contribution in [0.5, 0.6) is 11.5 Å². The van der Waals surface area contributed by atoms with E-state index < -0.39 is 58.3 Å². The van der Waals surface area contributed by atoms with Crippen LogP contribution in [0.3, 0.4) is 0 Å². The number of hydrogen-bond donors (Lipinski definition) is 2. The second-order valence-corrected chi connectivity index (χ2v) is 20.8. The first-order valence-corrected chi connectivity index (χ1v) is 22.8. The lowest BCUT2D eigenvalue weighted by Gasteiger charge is -2.43. The number of anilines is 1. The molecule has 0 radical (unpaired) electrons. The molecule has 0 saturated carbocycles. The van der Waals surface area contributed by atoms with Crippen LogP contribution < -0.4 is 20.5 Å². The van der Waals surface area contributed by atoms with Gasteiger partial charge in [-0.1, -0.05) is 93.6 Å². The third kappa shape index (κ3) is 9.14. The largest absolute Gasteiger partial charge is 0.694 e. The summed E-state index contributed by atoms with van der Waals surface area (Å²) in [4.78, 5) is 41.0. The maximum Gasteiger partial charge on any atom is 0.694 e. The molecule has 2 N–H and O–H groups in total. The molecule has 4 aromatic carbocycles. The van der Waals surface area contributed by atoms with Crippen molar-refractivity contribution in [3.8, 4) is 11.5 Å². The van der Waals surface area contributed by atoms with Crippen LogP contribution in [0, 0.1) is 0 Å². The lowest BCUT2D eigenvalue weighted by molar-refractivity contribution is -0.108. The van der Waals surface area contributed by atoms with E-state index in [-0.39, 0.29) is 17.5 Å². The predicted octanol–water partition coefficient (Wildman–Crippen LogP) is 7.84. The average molecular weight is 827 g/mol. The standard InChI is InChI=1S/C43H48N3O10PSi/c1-42(2,3)58(6,7)56-38-37(35(28-53-57(49)50)54-40(38)46-27-26-36(45-41(46)48)44-39(47)29-14-10-8-11-15-29)55-43(30-16-12-9-13-17-30,31-18-22-33(51-4)23-19-31)32-20-24-34(52-5)25-21-32/h8-27,35,37-38,40H,28H2,1-7H3,(H-,44,45,47,48,49,50)/p+1/t35-,37?,38?,40-/m1/s1. The monoisotopic (exact) mass is 826 g/mol. The number of methoxy groups -OCH3 is 2. The van der Waals surface area contributed by atoms with Crippen LogP contribution in [0.2, 0.25) is 18.1 Å². The Morgan fingerprint density at radius 2 is 1.36 bits per heavy atom. The van der Waals surface area contributed by atoms with Gasteiger partial charge in [0.05, 0.1) is 14.2 Å². The molecular formula is C43H49N3O10PSi+. The molecule has 1 saturated heterocycles. The maximum atomic E-state index is 14.0. The van der Waals surface area contributed by atoms with Crippen LogP contribution in [-0.2, 0) is 28.6 Å². The summed E-state index contributed by atoms with van der Waals surface area (Å²) in [5.41, 5.74) is 0.509. The highest BCUT2D eigenvalue weighted by Crippen LogP contribution is 2.48. The van der Waals surface area contributed by atoms with Gasteiger partial charge in [0, 0.05) is 16.3 Å². The van der Waals surface area contributed by atoms with E-state index in [9.17, 15) is 19.0 Å². The number of carbonyl (C=O) groups excluding carboxylic acids is 1. The molecule has 1 fully saturated rings. The van der Waals surface area contributed by atoms with E-state index in [4.69, 9.17) is 27.9 Å². The number of benzene rings is 4. The zero-order valence-electron chi connectivity index (χ0n) is 33.5. The van der Waals surface area contributed by atoms with Crippen molar-refractivity contribution in [3.63, 3.8) is 0 Å². The van der Waals surface area contributed by atoms with Crippen molar-refractivity contribution < 1.29 is 42.2 Å². The van der Waals surface area contributed by atoms with E-state index in [2.05, 4.69) is 44.2 Å². The zero-order chi connectivity index (χ0) is 41.7. The SMILES string of the molecule is COc1ccc(C(OC2C(O[Si](C)(C)C(C)(C)C)[C@H](n3ccc(NC(=O)c4ccccc4)nc3=O)O[C@@H]2CO[P+](=O)O)(c2ccccc2)c2ccc(OC)cc2)cc1. The molecular weight excluding hydrogens is 778 g/mol. The smallest absolute Gasteiger partial charge is 0.497 e. The first-order valence-electron chi connectivity index (χ1n) is 18.8. The van der Waals surface area contributed by atoms with Gasteiger partial charge in [-0.05, 0) is 77.3 Å². The van der Waals surface area contributed by atoms with E-state index in [1.807, 2.05) is 78.9 Å². The molecule has 13 nitrogen and oxygen atoms in total. The van der Waals surface area contributed by atoms with E-state index in [0.29, 0.717) is 17.1 Å². The van der Waals surface area contributed by atoms with Gasteiger partial charge in [0.15, 0.2) is 14.5 Å². The molecule has 3 unspecified atom stereocenters. The molecule has 2 heterocycles. The second-order valence-electron chi connectivity index (χ2n) is 15.4. The average Bonchev–Trinajstić information content (AvgIpc) is 3.54. The third-order valence-electron chi connectivity index (χ3n) is 10.7. The number of nitrogens with zero attached hydrogens (tertiary/aromatic N) is 2. The molecule has 1 amide bonds. The van der Waals surface area contributed by atoms with Gasteiger partial charge in [-0.15, -0.1) is 9.42 Å². The minimum absolute atomic E-state index is 0.0435. The number of aromatic nitrogens is 2. The van der Waals surface area contributed by atoms with Crippen molar-refractivity contribution in [3.05, 3.63) is 154 Å². The summed E-state index contributed by atoms with van der Waals surface area (Å²) in [5, 5.41) is 2.38. The fourth-order valence-electron chi connectivity index (χ4n) is 6.67. The van der Waals surface area contributed by atoms with Gasteiger partial charge in [0.25, 0.3) is 5.91 Å². The van der Waals surface area contributed by atoms with Crippen molar-refractivity contribution in [2.75, 3.05) is 26.1 Å². The molecule has 0 bridgehead atoms. The third-order valence-corrected chi connectivity index (χ3v) is 15.6.